The molecule has 0 fully saturated rings. The first-order valence-electron chi connectivity index (χ1n) is 7.52. The fraction of sp³-hybridized carbons (Fsp3) is 0.105. The van der Waals surface area contributed by atoms with Gasteiger partial charge in [0.2, 0.25) is 21.1 Å². The Hall–Kier alpha value is -2.06. The third-order valence-electron chi connectivity index (χ3n) is 3.40. The van der Waals surface area contributed by atoms with Crippen LogP contribution in [0.2, 0.25) is 0 Å². The van der Waals surface area contributed by atoms with Gasteiger partial charge in [-0.1, -0.05) is 30.3 Å². The van der Waals surface area contributed by atoms with Crippen LogP contribution in [0.3, 0.4) is 0 Å². The maximum Gasteiger partial charge on any atom is 0.238 e. The highest BCUT2D eigenvalue weighted by Crippen LogP contribution is 2.32. The Morgan fingerprint density at radius 1 is 0.769 bits per heavy atom. The van der Waals surface area contributed by atoms with Gasteiger partial charge in [-0.05, 0) is 35.4 Å². The Morgan fingerprint density at radius 2 is 1.35 bits per heavy atom. The number of hydrogen-bond donors (Lipinski definition) is 0. The molecule has 0 saturated carbocycles. The maximum atomic E-state index is 8.49. The van der Waals surface area contributed by atoms with E-state index in [1.54, 1.807) is 7.11 Å². The minimum Gasteiger partial charge on any atom is -0.497 e. The van der Waals surface area contributed by atoms with E-state index in [1.165, 1.54) is 26.4 Å². The summed E-state index contributed by atoms with van der Waals surface area (Å²) >= 11 is 1.82. The van der Waals surface area contributed by atoms with Crippen LogP contribution in [-0.4, -0.2) is 7.11 Å². The van der Waals surface area contributed by atoms with Gasteiger partial charge in [0.25, 0.3) is 0 Å². The molecule has 0 N–H and O–H groups in total. The molecule has 0 aliphatic carbocycles. The molecule has 0 aliphatic rings. The standard InChI is InChI=1S/C19H17OS.ClHO4/c1-14-12-17(15-8-10-18(20-2)11-9-15)13-19(21-14)16-6-4-3-5-7-16;2-1(3,4)5/h3-13H,1-2H3;(H,2,3,4,5)/q+1;/p-1. The fourth-order valence-electron chi connectivity index (χ4n) is 2.33. The first-order chi connectivity index (χ1) is 12.3. The number of halogens is 1. The van der Waals surface area contributed by atoms with Crippen LogP contribution in [0.5, 0.6) is 5.75 Å². The molecule has 26 heavy (non-hydrogen) atoms. The van der Waals surface area contributed by atoms with E-state index in [9.17, 15) is 0 Å². The molecule has 0 unspecified atom stereocenters. The van der Waals surface area contributed by atoms with Crippen LogP contribution in [0.15, 0.2) is 66.7 Å². The Labute approximate surface area is 158 Å². The van der Waals surface area contributed by atoms with Gasteiger partial charge in [-0.3, -0.25) is 0 Å². The van der Waals surface area contributed by atoms with Crippen molar-refractivity contribution in [3.63, 3.8) is 0 Å². The summed E-state index contributed by atoms with van der Waals surface area (Å²) in [6.07, 6.45) is 0. The van der Waals surface area contributed by atoms with Crippen molar-refractivity contribution in [2.45, 2.75) is 6.92 Å². The third kappa shape index (κ3) is 6.68. The molecular formula is C19H17ClO5S. The van der Waals surface area contributed by atoms with Gasteiger partial charge in [0.1, 0.15) is 5.75 Å². The fourth-order valence-corrected chi connectivity index (χ4v) is 3.30. The molecule has 3 rings (SSSR count). The predicted molar refractivity (Wildman–Crippen MR) is 90.9 cm³/mol. The van der Waals surface area contributed by atoms with Crippen LogP contribution >= 0.6 is 11.3 Å². The lowest BCUT2D eigenvalue weighted by Gasteiger charge is -2.17. The Balaban J connectivity index is 0.000000431. The van der Waals surface area contributed by atoms with E-state index in [0.717, 1.165) is 5.75 Å². The molecule has 0 bridgehead atoms. The molecule has 0 saturated heterocycles. The van der Waals surface area contributed by atoms with Gasteiger partial charge >= 0.3 is 0 Å². The zero-order chi connectivity index (χ0) is 19.2. The highest BCUT2D eigenvalue weighted by atomic mass is 35.7. The van der Waals surface area contributed by atoms with Crippen LogP contribution in [-0.2, 0) is 0 Å². The third-order valence-corrected chi connectivity index (χ3v) is 4.41. The number of hydrogen-bond acceptors (Lipinski definition) is 5. The lowest BCUT2D eigenvalue weighted by Crippen LogP contribution is -2.68. The van der Waals surface area contributed by atoms with Gasteiger partial charge in [0, 0.05) is 24.6 Å². The van der Waals surface area contributed by atoms with Gasteiger partial charge in [-0.25, -0.2) is 18.6 Å². The van der Waals surface area contributed by atoms with Crippen molar-refractivity contribution in [2.75, 3.05) is 7.11 Å². The molecule has 1 heterocycles. The van der Waals surface area contributed by atoms with Crippen LogP contribution in [0.4, 0.5) is 0 Å². The van der Waals surface area contributed by atoms with Gasteiger partial charge in [0.05, 0.1) is 7.11 Å². The molecule has 5 nitrogen and oxygen atoms in total. The number of benzene rings is 2. The predicted octanol–water partition coefficient (Wildman–Crippen LogP) is 0.924. The Kier molecular flexibility index (Phi) is 7.05. The number of ether oxygens (including phenoxy) is 1. The molecule has 3 aromatic rings. The highest BCUT2D eigenvalue weighted by Gasteiger charge is 2.14. The van der Waals surface area contributed by atoms with E-state index >= 15 is 0 Å². The summed E-state index contributed by atoms with van der Waals surface area (Å²) in [6.45, 7) is 2.16. The molecule has 0 atom stereocenters. The molecule has 0 aliphatic heterocycles. The molecule has 136 valence electrons. The van der Waals surface area contributed by atoms with E-state index in [1.807, 2.05) is 29.5 Å². The number of methoxy groups -OCH3 is 1. The van der Waals surface area contributed by atoms with Gasteiger partial charge < -0.3 is 4.74 Å². The Morgan fingerprint density at radius 3 is 1.88 bits per heavy atom. The molecule has 7 heteroatoms. The van der Waals surface area contributed by atoms with Crippen molar-refractivity contribution in [2.24, 2.45) is 0 Å². The normalized spacial score (nSPS) is 10.7. The highest BCUT2D eigenvalue weighted by molar-refractivity contribution is 7.15. The lowest BCUT2D eigenvalue weighted by molar-refractivity contribution is -2.00. The summed E-state index contributed by atoms with van der Waals surface area (Å²) in [4.78, 5) is 2.60. The summed E-state index contributed by atoms with van der Waals surface area (Å²) in [6, 6.07) is 23.2. The zero-order valence-electron chi connectivity index (χ0n) is 14.2. The quantitative estimate of drug-likeness (QED) is 0.617. The zero-order valence-corrected chi connectivity index (χ0v) is 15.8. The van der Waals surface area contributed by atoms with E-state index in [4.69, 9.17) is 23.4 Å². The van der Waals surface area contributed by atoms with Crippen molar-refractivity contribution in [1.29, 1.82) is 0 Å². The topological polar surface area (TPSA) is 101 Å². The van der Waals surface area contributed by atoms with Crippen molar-refractivity contribution in [3.8, 4) is 27.3 Å². The SMILES string of the molecule is COc1ccc(-c2cc(C)[s+]c(-c3ccccc3)c2)cc1.[O-][Cl+3]([O-])([O-])[O-]. The Bertz CT molecular complexity index is 827. The first-order valence-corrected chi connectivity index (χ1v) is 9.58. The monoisotopic (exact) mass is 392 g/mol. The molecule has 0 spiro atoms. The summed E-state index contributed by atoms with van der Waals surface area (Å²) in [5.41, 5.74) is 3.72. The first kappa shape index (κ1) is 20.3. The largest absolute Gasteiger partial charge is 0.497 e. The minimum atomic E-state index is -4.94. The van der Waals surface area contributed by atoms with Gasteiger partial charge in [-0.15, -0.1) is 10.2 Å². The van der Waals surface area contributed by atoms with Crippen LogP contribution in [0, 0.1) is 17.2 Å². The van der Waals surface area contributed by atoms with Crippen molar-refractivity contribution in [3.05, 3.63) is 71.6 Å². The van der Waals surface area contributed by atoms with E-state index in [-0.39, 0.29) is 0 Å². The summed E-state index contributed by atoms with van der Waals surface area (Å²) < 4.78 is 39.2. The van der Waals surface area contributed by atoms with Crippen molar-refractivity contribution in [1.82, 2.24) is 0 Å². The summed E-state index contributed by atoms with van der Waals surface area (Å²) in [7, 11) is -3.25. The van der Waals surface area contributed by atoms with Gasteiger partial charge in [0.15, 0.2) is 0 Å². The van der Waals surface area contributed by atoms with E-state index in [0.29, 0.717) is 0 Å². The summed E-state index contributed by atoms with van der Waals surface area (Å²) in [5.74, 6) is 0.887. The molecule has 0 radical (unpaired) electrons. The van der Waals surface area contributed by atoms with Crippen LogP contribution in [0.1, 0.15) is 4.88 Å². The second-order valence-corrected chi connectivity index (χ2v) is 7.34. The van der Waals surface area contributed by atoms with E-state index < -0.39 is 10.2 Å². The van der Waals surface area contributed by atoms with Crippen molar-refractivity contribution < 1.29 is 33.6 Å². The van der Waals surface area contributed by atoms with E-state index in [2.05, 4.69) is 55.5 Å². The second kappa shape index (κ2) is 9.05. The molecule has 1 aromatic heterocycles. The second-order valence-electron chi connectivity index (χ2n) is 5.29. The lowest BCUT2D eigenvalue weighted by atomic mass is 10.0. The summed E-state index contributed by atoms with van der Waals surface area (Å²) in [5, 5.41) is 0. The minimum absolute atomic E-state index is 0.887. The number of aryl methyl sites for hydroxylation is 1. The van der Waals surface area contributed by atoms with Gasteiger partial charge in [-0.2, -0.15) is 0 Å². The molecule has 0 amide bonds. The maximum absolute atomic E-state index is 8.49. The number of rotatable bonds is 3. The van der Waals surface area contributed by atoms with Crippen LogP contribution in [0.25, 0.3) is 21.6 Å². The van der Waals surface area contributed by atoms with Crippen molar-refractivity contribution >= 4 is 11.3 Å². The smallest absolute Gasteiger partial charge is 0.238 e. The average molecular weight is 393 g/mol. The van der Waals surface area contributed by atoms with Crippen LogP contribution < -0.4 is 23.4 Å². The molecule has 2 aromatic carbocycles. The average Bonchev–Trinajstić information content (AvgIpc) is 2.61. The molecular weight excluding hydrogens is 376 g/mol.